The van der Waals surface area contributed by atoms with Crippen LogP contribution in [-0.4, -0.2) is 35.2 Å². The quantitative estimate of drug-likeness (QED) is 0.792. The fourth-order valence-electron chi connectivity index (χ4n) is 3.14. The van der Waals surface area contributed by atoms with Gasteiger partial charge in [0.25, 0.3) is 0 Å². The van der Waals surface area contributed by atoms with Gasteiger partial charge in [-0.25, -0.2) is 9.78 Å². The van der Waals surface area contributed by atoms with E-state index in [2.05, 4.69) is 15.6 Å². The topological polar surface area (TPSA) is 101 Å². The molecule has 0 bridgehead atoms. The Labute approximate surface area is 145 Å². The summed E-state index contributed by atoms with van der Waals surface area (Å²) in [6.45, 7) is 0. The first-order valence-electron chi connectivity index (χ1n) is 8.30. The van der Waals surface area contributed by atoms with E-state index in [0.29, 0.717) is 37.3 Å². The van der Waals surface area contributed by atoms with Crippen molar-refractivity contribution < 1.29 is 19.4 Å². The van der Waals surface area contributed by atoms with Crippen LogP contribution in [0.5, 0.6) is 5.88 Å². The van der Waals surface area contributed by atoms with E-state index in [1.165, 1.54) is 0 Å². The van der Waals surface area contributed by atoms with E-state index in [1.54, 1.807) is 19.2 Å². The maximum Gasteiger partial charge on any atom is 0.319 e. The molecule has 2 aromatic rings. The maximum absolute atomic E-state index is 12.2. The van der Waals surface area contributed by atoms with Gasteiger partial charge in [-0.2, -0.15) is 0 Å². The third kappa shape index (κ3) is 4.17. The van der Waals surface area contributed by atoms with E-state index < -0.39 is 5.97 Å². The van der Waals surface area contributed by atoms with Crippen LogP contribution >= 0.6 is 0 Å². The number of rotatable bonds is 4. The highest BCUT2D eigenvalue weighted by atomic mass is 16.5. The number of carbonyl (C=O) groups is 2. The molecule has 7 nitrogen and oxygen atoms in total. The van der Waals surface area contributed by atoms with E-state index >= 15 is 0 Å². The molecule has 132 valence electrons. The van der Waals surface area contributed by atoms with Gasteiger partial charge in [-0.1, -0.05) is 0 Å². The number of urea groups is 1. The average molecular weight is 343 g/mol. The second-order valence-corrected chi connectivity index (χ2v) is 6.25. The summed E-state index contributed by atoms with van der Waals surface area (Å²) in [5.41, 5.74) is 1.47. The van der Waals surface area contributed by atoms with Crippen molar-refractivity contribution >= 4 is 28.6 Å². The predicted octanol–water partition coefficient (Wildman–Crippen LogP) is 3.01. The van der Waals surface area contributed by atoms with Gasteiger partial charge < -0.3 is 20.5 Å². The summed E-state index contributed by atoms with van der Waals surface area (Å²) in [4.78, 5) is 27.4. The van der Waals surface area contributed by atoms with E-state index in [4.69, 9.17) is 9.84 Å². The predicted molar refractivity (Wildman–Crippen MR) is 93.8 cm³/mol. The first kappa shape index (κ1) is 17.0. The number of anilines is 1. The zero-order valence-corrected chi connectivity index (χ0v) is 14.0. The molecule has 1 aromatic heterocycles. The molecule has 0 saturated heterocycles. The molecule has 1 fully saturated rings. The van der Waals surface area contributed by atoms with Gasteiger partial charge in [0.2, 0.25) is 5.88 Å². The van der Waals surface area contributed by atoms with Crippen LogP contribution in [0.4, 0.5) is 10.5 Å². The number of aliphatic carboxylic acids is 1. The molecule has 1 aromatic carbocycles. The smallest absolute Gasteiger partial charge is 0.319 e. The lowest BCUT2D eigenvalue weighted by Crippen LogP contribution is -2.40. The highest BCUT2D eigenvalue weighted by Gasteiger charge is 2.26. The fourth-order valence-corrected chi connectivity index (χ4v) is 3.14. The van der Waals surface area contributed by atoms with E-state index in [1.807, 2.05) is 18.2 Å². The van der Waals surface area contributed by atoms with Crippen LogP contribution < -0.4 is 15.4 Å². The van der Waals surface area contributed by atoms with Crippen molar-refractivity contribution in [2.24, 2.45) is 5.92 Å². The van der Waals surface area contributed by atoms with Gasteiger partial charge in [0.15, 0.2) is 0 Å². The Morgan fingerprint density at radius 2 is 1.92 bits per heavy atom. The lowest BCUT2D eigenvalue weighted by molar-refractivity contribution is -0.142. The van der Waals surface area contributed by atoms with E-state index in [9.17, 15) is 9.59 Å². The van der Waals surface area contributed by atoms with Crippen LogP contribution in [0.25, 0.3) is 10.9 Å². The molecule has 25 heavy (non-hydrogen) atoms. The van der Waals surface area contributed by atoms with E-state index in [-0.39, 0.29) is 18.0 Å². The highest BCUT2D eigenvalue weighted by molar-refractivity contribution is 5.92. The van der Waals surface area contributed by atoms with Gasteiger partial charge in [-0.3, -0.25) is 4.79 Å². The number of hydrogen-bond donors (Lipinski definition) is 3. The van der Waals surface area contributed by atoms with Gasteiger partial charge in [0.1, 0.15) is 0 Å². The lowest BCUT2D eigenvalue weighted by Gasteiger charge is -2.26. The van der Waals surface area contributed by atoms with Crippen LogP contribution in [0.1, 0.15) is 25.7 Å². The molecule has 0 aliphatic heterocycles. The highest BCUT2D eigenvalue weighted by Crippen LogP contribution is 2.25. The Bertz CT molecular complexity index is 785. The number of carboxylic acids is 1. The van der Waals surface area contributed by atoms with Gasteiger partial charge >= 0.3 is 12.0 Å². The SMILES string of the molecule is COc1ccc2cc(NC(=O)NC3CCC(C(=O)O)CC3)ccc2n1. The van der Waals surface area contributed by atoms with Gasteiger partial charge in [-0.05, 0) is 49.9 Å². The number of aromatic nitrogens is 1. The monoisotopic (exact) mass is 343 g/mol. The zero-order chi connectivity index (χ0) is 17.8. The molecule has 7 heteroatoms. The van der Waals surface area contributed by atoms with E-state index in [0.717, 1.165) is 10.9 Å². The minimum absolute atomic E-state index is 0.0157. The minimum Gasteiger partial charge on any atom is -0.481 e. The molecule has 1 aliphatic rings. The van der Waals surface area contributed by atoms with Crippen molar-refractivity contribution in [1.82, 2.24) is 10.3 Å². The first-order valence-corrected chi connectivity index (χ1v) is 8.30. The second kappa shape index (κ2) is 7.38. The number of ether oxygens (including phenoxy) is 1. The molecule has 3 N–H and O–H groups in total. The summed E-state index contributed by atoms with van der Waals surface area (Å²) < 4.78 is 5.10. The molecule has 1 saturated carbocycles. The molecule has 0 atom stereocenters. The summed E-state index contributed by atoms with van der Waals surface area (Å²) in [6, 6.07) is 8.86. The molecule has 0 unspecified atom stereocenters. The number of carbonyl (C=O) groups excluding carboxylic acids is 1. The van der Waals surface area contributed by atoms with Crippen molar-refractivity contribution in [3.8, 4) is 5.88 Å². The fraction of sp³-hybridized carbons (Fsp3) is 0.389. The van der Waals surface area contributed by atoms with Crippen LogP contribution in [0.3, 0.4) is 0 Å². The Morgan fingerprint density at radius 1 is 1.16 bits per heavy atom. The van der Waals surface area contributed by atoms with Gasteiger partial charge in [0, 0.05) is 23.2 Å². The Kier molecular flexibility index (Phi) is 5.02. The molecular formula is C18H21N3O4. The van der Waals surface area contributed by atoms with Crippen LogP contribution in [0, 0.1) is 5.92 Å². The minimum atomic E-state index is -0.746. The Hall–Kier alpha value is -2.83. The average Bonchev–Trinajstić information content (AvgIpc) is 2.61. The largest absolute Gasteiger partial charge is 0.481 e. The summed E-state index contributed by atoms with van der Waals surface area (Å²) in [7, 11) is 1.57. The molecule has 1 aliphatic carbocycles. The summed E-state index contributed by atoms with van der Waals surface area (Å²) in [5.74, 6) is -0.488. The van der Waals surface area contributed by atoms with Crippen molar-refractivity contribution in [1.29, 1.82) is 0 Å². The number of amides is 2. The number of hydrogen-bond acceptors (Lipinski definition) is 4. The number of nitrogens with one attached hydrogen (secondary N) is 2. The number of benzene rings is 1. The summed E-state index contributed by atoms with van der Waals surface area (Å²) in [6.07, 6.45) is 2.57. The van der Waals surface area contributed by atoms with Gasteiger partial charge in [0.05, 0.1) is 18.5 Å². The third-order valence-corrected chi connectivity index (χ3v) is 4.54. The molecule has 3 rings (SSSR count). The van der Waals surface area contributed by atoms with Crippen molar-refractivity contribution in [3.05, 3.63) is 30.3 Å². The number of pyridine rings is 1. The standard InChI is InChI=1S/C18H21N3O4/c1-25-16-9-4-12-10-14(7-8-15(12)21-16)20-18(24)19-13-5-2-11(3-6-13)17(22)23/h4,7-11,13H,2-3,5-6H2,1H3,(H,22,23)(H2,19,20,24). The Morgan fingerprint density at radius 3 is 2.60 bits per heavy atom. The maximum atomic E-state index is 12.2. The number of fused-ring (bicyclic) bond motifs is 1. The van der Waals surface area contributed by atoms with Crippen LogP contribution in [0.15, 0.2) is 30.3 Å². The molecule has 0 radical (unpaired) electrons. The number of carboxylic acid groups (broad SMARTS) is 1. The first-order chi connectivity index (χ1) is 12.0. The van der Waals surface area contributed by atoms with Crippen molar-refractivity contribution in [2.75, 3.05) is 12.4 Å². The van der Waals surface area contributed by atoms with Crippen molar-refractivity contribution in [3.63, 3.8) is 0 Å². The Balaban J connectivity index is 1.58. The number of methoxy groups -OCH3 is 1. The van der Waals surface area contributed by atoms with Crippen LogP contribution in [0.2, 0.25) is 0 Å². The normalized spacial score (nSPS) is 20.0. The lowest BCUT2D eigenvalue weighted by atomic mass is 9.86. The second-order valence-electron chi connectivity index (χ2n) is 6.25. The molecule has 1 heterocycles. The van der Waals surface area contributed by atoms with Crippen LogP contribution in [-0.2, 0) is 4.79 Å². The number of nitrogens with zero attached hydrogens (tertiary/aromatic N) is 1. The summed E-state index contributed by atoms with van der Waals surface area (Å²) >= 11 is 0. The zero-order valence-electron chi connectivity index (χ0n) is 14.0. The van der Waals surface area contributed by atoms with Gasteiger partial charge in [-0.15, -0.1) is 0 Å². The summed E-state index contributed by atoms with van der Waals surface area (Å²) in [5, 5.41) is 15.6. The molecule has 2 amide bonds. The molecular weight excluding hydrogens is 322 g/mol. The van der Waals surface area contributed by atoms with Crippen molar-refractivity contribution in [2.45, 2.75) is 31.7 Å². The molecule has 0 spiro atoms. The third-order valence-electron chi connectivity index (χ3n) is 4.54.